The van der Waals surface area contributed by atoms with Gasteiger partial charge in [-0.15, -0.1) is 0 Å². The topological polar surface area (TPSA) is 106 Å². The Morgan fingerprint density at radius 2 is 2.12 bits per heavy atom. The Labute approximate surface area is 152 Å². The zero-order valence-corrected chi connectivity index (χ0v) is 15.3. The molecule has 7 heteroatoms. The van der Waals surface area contributed by atoms with Crippen LogP contribution in [0, 0.1) is 0 Å². The van der Waals surface area contributed by atoms with Gasteiger partial charge in [-0.25, -0.2) is 9.97 Å². The highest BCUT2D eigenvalue weighted by molar-refractivity contribution is 6.06. The smallest absolute Gasteiger partial charge is 0.152 e. The molecule has 0 saturated heterocycles. The number of benzene rings is 1. The molecule has 0 saturated carbocycles. The Bertz CT molecular complexity index is 905. The third kappa shape index (κ3) is 3.65. The number of nitrogen functional groups attached to an aromatic ring is 1. The molecule has 3 rings (SSSR count). The van der Waals surface area contributed by atoms with Crippen LogP contribution in [0.4, 0.5) is 5.82 Å². The van der Waals surface area contributed by atoms with Gasteiger partial charge in [-0.3, -0.25) is 0 Å². The number of aliphatic hydroxyl groups excluding tert-OH is 2. The summed E-state index contributed by atoms with van der Waals surface area (Å²) < 4.78 is 7.51. The highest BCUT2D eigenvalue weighted by Gasteiger charge is 2.18. The second kappa shape index (κ2) is 7.99. The average Bonchev–Trinajstić information content (AvgIpc) is 2.96. The molecular formula is C19H26N4O3. The van der Waals surface area contributed by atoms with Gasteiger partial charge in [0.2, 0.25) is 0 Å². The number of aryl methyl sites for hydroxylation is 1. The molecular weight excluding hydrogens is 332 g/mol. The zero-order chi connectivity index (χ0) is 18.7. The highest BCUT2D eigenvalue weighted by atomic mass is 16.5. The van der Waals surface area contributed by atoms with Crippen LogP contribution < -0.4 is 5.73 Å². The van der Waals surface area contributed by atoms with Gasteiger partial charge in [-0.05, 0) is 38.3 Å². The molecule has 0 aliphatic heterocycles. The van der Waals surface area contributed by atoms with E-state index in [9.17, 15) is 5.11 Å². The molecule has 0 bridgehead atoms. The number of imidazole rings is 1. The number of ether oxygens (including phenoxy) is 1. The number of aromatic nitrogens is 3. The van der Waals surface area contributed by atoms with Gasteiger partial charge < -0.3 is 25.3 Å². The van der Waals surface area contributed by atoms with Crippen LogP contribution in [-0.4, -0.2) is 44.1 Å². The van der Waals surface area contributed by atoms with E-state index in [1.807, 2.05) is 29.7 Å². The predicted octanol–water partition coefficient (Wildman–Crippen LogP) is 2.01. The minimum Gasteiger partial charge on any atom is -0.396 e. The normalized spacial score (nSPS) is 12.9. The summed E-state index contributed by atoms with van der Waals surface area (Å²) in [5.41, 5.74) is 9.59. The van der Waals surface area contributed by atoms with Crippen LogP contribution in [0.3, 0.4) is 0 Å². The second-order valence-electron chi connectivity index (χ2n) is 6.50. The largest absolute Gasteiger partial charge is 0.396 e. The number of fused-ring (bicyclic) bond motifs is 3. The molecule has 0 amide bonds. The number of hydrogen-bond acceptors (Lipinski definition) is 6. The van der Waals surface area contributed by atoms with Crippen molar-refractivity contribution in [3.05, 3.63) is 29.6 Å². The zero-order valence-electron chi connectivity index (χ0n) is 15.3. The predicted molar refractivity (Wildman–Crippen MR) is 102 cm³/mol. The molecule has 1 atom stereocenters. The fourth-order valence-corrected chi connectivity index (χ4v) is 3.21. The van der Waals surface area contributed by atoms with Crippen LogP contribution in [0.25, 0.3) is 21.9 Å². The highest BCUT2D eigenvalue weighted by Crippen LogP contribution is 2.30. The van der Waals surface area contributed by atoms with Crippen molar-refractivity contribution in [3.8, 4) is 0 Å². The quantitative estimate of drug-likeness (QED) is 0.569. The van der Waals surface area contributed by atoms with Gasteiger partial charge in [-0.1, -0.05) is 12.1 Å². The lowest BCUT2D eigenvalue weighted by Crippen LogP contribution is -2.15. The molecule has 3 aromatic rings. The first-order chi connectivity index (χ1) is 12.5. The average molecular weight is 358 g/mol. The minimum absolute atomic E-state index is 0.161. The summed E-state index contributed by atoms with van der Waals surface area (Å²) in [5.74, 6) is 1.10. The van der Waals surface area contributed by atoms with Gasteiger partial charge in [0.25, 0.3) is 0 Å². The number of anilines is 1. The second-order valence-corrected chi connectivity index (χ2v) is 6.50. The van der Waals surface area contributed by atoms with E-state index in [0.29, 0.717) is 37.5 Å². The Kier molecular flexibility index (Phi) is 5.70. The first kappa shape index (κ1) is 18.6. The number of pyridine rings is 1. The number of nitrogens with two attached hydrogens (primary N) is 1. The maximum absolute atomic E-state index is 9.96. The molecule has 26 heavy (non-hydrogen) atoms. The standard InChI is InChI=1S/C19H26N4O3/c1-3-26-11-16-22-17-18(23(16)10-12(2)25)14-7-6-13(5-4-8-24)9-15(14)21-19(17)20/h6-7,9,12,24-25H,3-5,8,10-11H2,1-2H3,(H2,20,21). The van der Waals surface area contributed by atoms with Crippen molar-refractivity contribution < 1.29 is 14.9 Å². The summed E-state index contributed by atoms with van der Waals surface area (Å²) in [4.78, 5) is 9.15. The molecule has 1 unspecified atom stereocenters. The molecule has 0 spiro atoms. The van der Waals surface area contributed by atoms with Crippen LogP contribution in [0.5, 0.6) is 0 Å². The van der Waals surface area contributed by atoms with E-state index < -0.39 is 6.10 Å². The summed E-state index contributed by atoms with van der Waals surface area (Å²) in [7, 11) is 0. The van der Waals surface area contributed by atoms with Crippen molar-refractivity contribution in [3.63, 3.8) is 0 Å². The Morgan fingerprint density at radius 3 is 2.81 bits per heavy atom. The van der Waals surface area contributed by atoms with Gasteiger partial charge in [0.15, 0.2) is 5.82 Å². The number of rotatable bonds is 8. The van der Waals surface area contributed by atoms with E-state index in [0.717, 1.165) is 34.2 Å². The van der Waals surface area contributed by atoms with Crippen molar-refractivity contribution in [2.24, 2.45) is 0 Å². The summed E-state index contributed by atoms with van der Waals surface area (Å²) in [6, 6.07) is 6.06. The molecule has 2 heterocycles. The summed E-state index contributed by atoms with van der Waals surface area (Å²) in [6.07, 6.45) is 0.970. The van der Waals surface area contributed by atoms with Crippen LogP contribution in [0.2, 0.25) is 0 Å². The molecule has 0 fully saturated rings. The summed E-state index contributed by atoms with van der Waals surface area (Å²) >= 11 is 0. The van der Waals surface area contributed by atoms with Gasteiger partial charge >= 0.3 is 0 Å². The Hall–Kier alpha value is -2.22. The summed E-state index contributed by atoms with van der Waals surface area (Å²) in [5, 5.41) is 19.9. The van der Waals surface area contributed by atoms with Crippen molar-refractivity contribution in [2.75, 3.05) is 18.9 Å². The fourth-order valence-electron chi connectivity index (χ4n) is 3.21. The lowest BCUT2D eigenvalue weighted by Gasteiger charge is -2.13. The molecule has 2 aromatic heterocycles. The van der Waals surface area contributed by atoms with Crippen LogP contribution in [0.1, 0.15) is 31.7 Å². The first-order valence-electron chi connectivity index (χ1n) is 8.99. The monoisotopic (exact) mass is 358 g/mol. The van der Waals surface area contributed by atoms with E-state index in [1.165, 1.54) is 0 Å². The van der Waals surface area contributed by atoms with Gasteiger partial charge in [0.05, 0.1) is 23.7 Å². The van der Waals surface area contributed by atoms with Crippen molar-refractivity contribution in [1.82, 2.24) is 14.5 Å². The third-order valence-corrected chi connectivity index (χ3v) is 4.35. The lowest BCUT2D eigenvalue weighted by atomic mass is 10.1. The third-order valence-electron chi connectivity index (χ3n) is 4.35. The molecule has 0 aliphatic carbocycles. The summed E-state index contributed by atoms with van der Waals surface area (Å²) in [6.45, 7) is 5.18. The van der Waals surface area contributed by atoms with Crippen molar-refractivity contribution in [1.29, 1.82) is 0 Å². The van der Waals surface area contributed by atoms with Crippen LogP contribution >= 0.6 is 0 Å². The number of aliphatic hydroxyl groups is 2. The van der Waals surface area contributed by atoms with Crippen LogP contribution in [0.15, 0.2) is 18.2 Å². The number of hydrogen-bond donors (Lipinski definition) is 3. The Balaban J connectivity index is 2.20. The van der Waals surface area contributed by atoms with Crippen LogP contribution in [-0.2, 0) is 24.3 Å². The molecule has 0 radical (unpaired) electrons. The van der Waals surface area contributed by atoms with Gasteiger partial charge in [0, 0.05) is 18.6 Å². The maximum Gasteiger partial charge on any atom is 0.152 e. The van der Waals surface area contributed by atoms with E-state index in [4.69, 9.17) is 15.6 Å². The minimum atomic E-state index is -0.527. The van der Waals surface area contributed by atoms with E-state index in [1.54, 1.807) is 6.92 Å². The molecule has 140 valence electrons. The number of nitrogens with zero attached hydrogens (tertiary/aromatic N) is 3. The van der Waals surface area contributed by atoms with Gasteiger partial charge in [0.1, 0.15) is 17.9 Å². The first-order valence-corrected chi connectivity index (χ1v) is 8.99. The molecule has 1 aromatic carbocycles. The van der Waals surface area contributed by atoms with E-state index in [-0.39, 0.29) is 6.61 Å². The van der Waals surface area contributed by atoms with E-state index in [2.05, 4.69) is 9.97 Å². The van der Waals surface area contributed by atoms with Gasteiger partial charge in [-0.2, -0.15) is 0 Å². The van der Waals surface area contributed by atoms with E-state index >= 15 is 0 Å². The molecule has 4 N–H and O–H groups in total. The molecule has 7 nitrogen and oxygen atoms in total. The lowest BCUT2D eigenvalue weighted by molar-refractivity contribution is 0.121. The maximum atomic E-state index is 9.96. The molecule has 0 aliphatic rings. The Morgan fingerprint density at radius 1 is 1.31 bits per heavy atom. The SMILES string of the molecule is CCOCc1nc2c(N)nc3cc(CCCO)ccc3c2n1CC(C)O. The fraction of sp³-hybridized carbons (Fsp3) is 0.474. The van der Waals surface area contributed by atoms with Crippen molar-refractivity contribution in [2.45, 2.75) is 45.9 Å². The van der Waals surface area contributed by atoms with Crippen molar-refractivity contribution >= 4 is 27.8 Å².